The Morgan fingerprint density at radius 3 is 2.47 bits per heavy atom. The second kappa shape index (κ2) is 5.87. The van der Waals surface area contributed by atoms with Crippen molar-refractivity contribution in [3.63, 3.8) is 0 Å². The zero-order chi connectivity index (χ0) is 13.0. The molecule has 0 amide bonds. The van der Waals surface area contributed by atoms with Crippen LogP contribution in [0.3, 0.4) is 0 Å². The maximum absolute atomic E-state index is 11.9. The molecule has 17 heavy (non-hydrogen) atoms. The van der Waals surface area contributed by atoms with Gasteiger partial charge in [-0.25, -0.2) is 4.98 Å². The highest BCUT2D eigenvalue weighted by Crippen LogP contribution is 2.21. The minimum absolute atomic E-state index is 0.0318. The molecule has 0 saturated heterocycles. The Bertz CT molecular complexity index is 463. The summed E-state index contributed by atoms with van der Waals surface area (Å²) >= 11 is 0. The van der Waals surface area contributed by atoms with Crippen molar-refractivity contribution in [2.75, 3.05) is 5.75 Å². The number of hydrogen-bond donors (Lipinski definition) is 0. The molecule has 4 nitrogen and oxygen atoms in total. The summed E-state index contributed by atoms with van der Waals surface area (Å²) in [5, 5.41) is 9.08. The van der Waals surface area contributed by atoms with E-state index in [9.17, 15) is 4.21 Å². The molecule has 0 spiro atoms. The third-order valence-electron chi connectivity index (χ3n) is 2.34. The smallest absolute Gasteiger partial charge is 0.150 e. The van der Waals surface area contributed by atoms with Crippen LogP contribution in [0.4, 0.5) is 0 Å². The average Bonchev–Trinajstić information content (AvgIpc) is 2.28. The maximum atomic E-state index is 11.9. The normalized spacial score (nSPS) is 12.8. The van der Waals surface area contributed by atoms with Gasteiger partial charge in [-0.1, -0.05) is 27.7 Å². The zero-order valence-electron chi connectivity index (χ0n) is 10.6. The van der Waals surface area contributed by atoms with Crippen molar-refractivity contribution in [3.8, 4) is 6.07 Å². The Kier molecular flexibility index (Phi) is 4.76. The molecule has 0 aliphatic heterocycles. The number of aromatic nitrogens is 2. The van der Waals surface area contributed by atoms with Crippen molar-refractivity contribution in [1.29, 1.82) is 5.26 Å². The number of nitriles is 1. The molecule has 0 fully saturated rings. The predicted molar refractivity (Wildman–Crippen MR) is 67.1 cm³/mol. The first-order chi connectivity index (χ1) is 7.97. The van der Waals surface area contributed by atoms with Gasteiger partial charge in [-0.2, -0.15) is 5.26 Å². The van der Waals surface area contributed by atoms with Gasteiger partial charge in [0.2, 0.25) is 0 Å². The van der Waals surface area contributed by atoms with Crippen molar-refractivity contribution in [2.45, 2.75) is 44.6 Å². The molecule has 0 aromatic carbocycles. The van der Waals surface area contributed by atoms with E-state index >= 15 is 0 Å². The van der Waals surface area contributed by atoms with E-state index in [-0.39, 0.29) is 17.6 Å². The summed E-state index contributed by atoms with van der Waals surface area (Å²) < 4.78 is 11.9. The van der Waals surface area contributed by atoms with Gasteiger partial charge in [-0.05, 0) is 11.8 Å². The summed E-state index contributed by atoms with van der Waals surface area (Å²) in [5.74, 6) is 0.360. The topological polar surface area (TPSA) is 66.6 Å². The van der Waals surface area contributed by atoms with Crippen LogP contribution in [0.5, 0.6) is 0 Å². The highest BCUT2D eigenvalue weighted by Gasteiger charge is 2.17. The molecule has 1 aromatic rings. The third-order valence-corrected chi connectivity index (χ3v) is 3.46. The highest BCUT2D eigenvalue weighted by atomic mass is 32.2. The second-order valence-corrected chi connectivity index (χ2v) is 5.81. The van der Waals surface area contributed by atoms with Gasteiger partial charge in [0, 0.05) is 6.20 Å². The van der Waals surface area contributed by atoms with E-state index in [0.717, 1.165) is 11.4 Å². The molecule has 1 heterocycles. The van der Waals surface area contributed by atoms with Crippen LogP contribution in [0.2, 0.25) is 0 Å². The van der Waals surface area contributed by atoms with Crippen molar-refractivity contribution in [2.24, 2.45) is 0 Å². The Morgan fingerprint density at radius 1 is 1.35 bits per heavy atom. The van der Waals surface area contributed by atoms with Gasteiger partial charge in [-0.15, -0.1) is 0 Å². The standard InChI is InChI=1S/C12H17N3OS/c1-8(2)10-7-14-11(9(3)4)12(15-10)17(16)6-5-13/h7-9H,6H2,1-4H3. The lowest BCUT2D eigenvalue weighted by atomic mass is 10.1. The third kappa shape index (κ3) is 3.34. The molecule has 0 aliphatic rings. The summed E-state index contributed by atoms with van der Waals surface area (Å²) in [6.07, 6.45) is 1.73. The van der Waals surface area contributed by atoms with Crippen LogP contribution in [0.25, 0.3) is 0 Å². The van der Waals surface area contributed by atoms with Gasteiger partial charge in [0.05, 0.1) is 28.3 Å². The second-order valence-electron chi connectivity index (χ2n) is 4.44. The van der Waals surface area contributed by atoms with Crippen LogP contribution >= 0.6 is 0 Å². The van der Waals surface area contributed by atoms with Crippen LogP contribution in [-0.4, -0.2) is 19.9 Å². The van der Waals surface area contributed by atoms with Gasteiger partial charge < -0.3 is 0 Å². The van der Waals surface area contributed by atoms with Gasteiger partial charge in [0.15, 0.2) is 0 Å². The summed E-state index contributed by atoms with van der Waals surface area (Å²) in [7, 11) is -1.38. The molecule has 0 saturated carbocycles. The minimum Gasteiger partial charge on any atom is -0.256 e. The highest BCUT2D eigenvalue weighted by molar-refractivity contribution is 7.85. The van der Waals surface area contributed by atoms with E-state index < -0.39 is 10.8 Å². The summed E-state index contributed by atoms with van der Waals surface area (Å²) in [6, 6.07) is 1.91. The molecule has 1 aromatic heterocycles. The van der Waals surface area contributed by atoms with Crippen molar-refractivity contribution in [3.05, 3.63) is 17.6 Å². The van der Waals surface area contributed by atoms with Gasteiger partial charge >= 0.3 is 0 Å². The molecule has 1 unspecified atom stereocenters. The van der Waals surface area contributed by atoms with Gasteiger partial charge in [-0.3, -0.25) is 9.19 Å². The molecular formula is C12H17N3OS. The molecule has 0 radical (unpaired) electrons. The van der Waals surface area contributed by atoms with E-state index in [2.05, 4.69) is 9.97 Å². The molecule has 5 heteroatoms. The Balaban J connectivity index is 3.26. The van der Waals surface area contributed by atoms with Gasteiger partial charge in [0.1, 0.15) is 10.8 Å². The fourth-order valence-electron chi connectivity index (χ4n) is 1.36. The minimum atomic E-state index is -1.38. The first-order valence-electron chi connectivity index (χ1n) is 5.59. The van der Waals surface area contributed by atoms with Crippen molar-refractivity contribution in [1.82, 2.24) is 9.97 Å². The SMILES string of the molecule is CC(C)c1cnc(C(C)C)c(S(=O)CC#N)n1. The van der Waals surface area contributed by atoms with E-state index in [0.29, 0.717) is 5.03 Å². The number of rotatable bonds is 4. The fourth-order valence-corrected chi connectivity index (χ4v) is 2.35. The molecule has 0 bridgehead atoms. The Morgan fingerprint density at radius 2 is 2.00 bits per heavy atom. The van der Waals surface area contributed by atoms with Gasteiger partial charge in [0.25, 0.3) is 0 Å². The quantitative estimate of drug-likeness (QED) is 0.823. The monoisotopic (exact) mass is 251 g/mol. The molecule has 0 aliphatic carbocycles. The number of nitrogens with zero attached hydrogens (tertiary/aromatic N) is 3. The average molecular weight is 251 g/mol. The van der Waals surface area contributed by atoms with E-state index in [1.165, 1.54) is 0 Å². The lowest BCUT2D eigenvalue weighted by molar-refractivity contribution is 0.668. The summed E-state index contributed by atoms with van der Waals surface area (Å²) in [6.45, 7) is 7.98. The molecule has 0 N–H and O–H groups in total. The van der Waals surface area contributed by atoms with Crippen LogP contribution in [0.15, 0.2) is 11.2 Å². The summed E-state index contributed by atoms with van der Waals surface area (Å²) in [4.78, 5) is 8.74. The Labute approximate surface area is 105 Å². The zero-order valence-corrected chi connectivity index (χ0v) is 11.4. The molecule has 92 valence electrons. The molecular weight excluding hydrogens is 234 g/mol. The largest absolute Gasteiger partial charge is 0.256 e. The first kappa shape index (κ1) is 13.8. The lowest BCUT2D eigenvalue weighted by Gasteiger charge is -2.12. The lowest BCUT2D eigenvalue weighted by Crippen LogP contribution is -2.10. The van der Waals surface area contributed by atoms with E-state index in [1.54, 1.807) is 6.20 Å². The predicted octanol–water partition coefficient (Wildman–Crippen LogP) is 2.35. The number of hydrogen-bond acceptors (Lipinski definition) is 4. The van der Waals surface area contributed by atoms with Crippen LogP contribution < -0.4 is 0 Å². The van der Waals surface area contributed by atoms with Crippen LogP contribution in [0.1, 0.15) is 50.9 Å². The van der Waals surface area contributed by atoms with Crippen LogP contribution in [0, 0.1) is 11.3 Å². The Hall–Kier alpha value is -1.28. The van der Waals surface area contributed by atoms with E-state index in [1.807, 2.05) is 33.8 Å². The summed E-state index contributed by atoms with van der Waals surface area (Å²) in [5.41, 5.74) is 1.54. The maximum Gasteiger partial charge on any atom is 0.150 e. The fraction of sp³-hybridized carbons (Fsp3) is 0.583. The van der Waals surface area contributed by atoms with E-state index in [4.69, 9.17) is 5.26 Å². The van der Waals surface area contributed by atoms with Crippen molar-refractivity contribution < 1.29 is 4.21 Å². The van der Waals surface area contributed by atoms with Crippen LogP contribution in [-0.2, 0) is 10.8 Å². The van der Waals surface area contributed by atoms with Crippen molar-refractivity contribution >= 4 is 10.8 Å². The first-order valence-corrected chi connectivity index (χ1v) is 6.91. The molecule has 1 rings (SSSR count). The molecule has 1 atom stereocenters.